The van der Waals surface area contributed by atoms with Gasteiger partial charge in [0, 0.05) is 6.20 Å². The number of carbonyl (C=O) groups is 1. The maximum atomic E-state index is 12.2. The van der Waals surface area contributed by atoms with E-state index in [1.165, 1.54) is 5.39 Å². The zero-order chi connectivity index (χ0) is 16.1. The molecule has 2 aromatic carbocycles. The van der Waals surface area contributed by atoms with Crippen molar-refractivity contribution >= 4 is 16.7 Å². The number of nitrogens with one attached hydrogen (secondary N) is 1. The molecule has 1 aromatic heterocycles. The molecule has 23 heavy (non-hydrogen) atoms. The van der Waals surface area contributed by atoms with Crippen molar-refractivity contribution in [1.29, 1.82) is 0 Å². The Balaban J connectivity index is 1.55. The Morgan fingerprint density at radius 2 is 2.04 bits per heavy atom. The zero-order valence-electron chi connectivity index (χ0n) is 13.2. The summed E-state index contributed by atoms with van der Waals surface area (Å²) < 4.78 is 5.40. The van der Waals surface area contributed by atoms with Crippen molar-refractivity contribution in [3.05, 3.63) is 66.0 Å². The second-order valence-corrected chi connectivity index (χ2v) is 5.71. The summed E-state index contributed by atoms with van der Waals surface area (Å²) >= 11 is 0. The number of nitrogens with zero attached hydrogens (tertiary/aromatic N) is 1. The lowest BCUT2D eigenvalue weighted by Crippen LogP contribution is -2.14. The molecule has 0 aliphatic heterocycles. The second kappa shape index (κ2) is 7.09. The van der Waals surface area contributed by atoms with Gasteiger partial charge in [0.2, 0.25) is 0 Å². The Morgan fingerprint density at radius 3 is 2.83 bits per heavy atom. The van der Waals surface area contributed by atoms with E-state index in [4.69, 9.17) is 4.74 Å². The van der Waals surface area contributed by atoms with Gasteiger partial charge in [0.1, 0.15) is 0 Å². The van der Waals surface area contributed by atoms with Crippen molar-refractivity contribution in [3.8, 4) is 0 Å². The van der Waals surface area contributed by atoms with Gasteiger partial charge in [-0.1, -0.05) is 42.5 Å². The van der Waals surface area contributed by atoms with Crippen LogP contribution in [0, 0.1) is 0 Å². The lowest BCUT2D eigenvalue weighted by Gasteiger charge is -2.12. The van der Waals surface area contributed by atoms with Gasteiger partial charge in [0.05, 0.1) is 18.7 Å². The quantitative estimate of drug-likeness (QED) is 0.556. The number of hydrogen-bond acceptors (Lipinski definition) is 3. The lowest BCUT2D eigenvalue weighted by molar-refractivity contribution is -0.145. The van der Waals surface area contributed by atoms with Gasteiger partial charge in [-0.15, -0.1) is 0 Å². The van der Waals surface area contributed by atoms with Gasteiger partial charge in [-0.25, -0.2) is 0 Å². The number of aromatic nitrogens is 2. The second-order valence-electron chi connectivity index (χ2n) is 5.71. The molecule has 0 spiro atoms. The van der Waals surface area contributed by atoms with Crippen LogP contribution in [0.2, 0.25) is 0 Å². The van der Waals surface area contributed by atoms with E-state index in [1.807, 2.05) is 37.4 Å². The molecule has 0 bridgehead atoms. The Morgan fingerprint density at radius 1 is 1.22 bits per heavy atom. The molecule has 0 radical (unpaired) electrons. The van der Waals surface area contributed by atoms with Gasteiger partial charge in [-0.05, 0) is 41.7 Å². The first kappa shape index (κ1) is 15.3. The van der Waals surface area contributed by atoms with Crippen LogP contribution in [0.1, 0.15) is 30.4 Å². The number of carbonyl (C=O) groups excluding carboxylic acids is 1. The monoisotopic (exact) mass is 308 g/mol. The van der Waals surface area contributed by atoms with Crippen LogP contribution in [-0.4, -0.2) is 22.8 Å². The van der Waals surface area contributed by atoms with Gasteiger partial charge in [-0.3, -0.25) is 9.89 Å². The molecule has 0 saturated carbocycles. The van der Waals surface area contributed by atoms with E-state index >= 15 is 0 Å². The van der Waals surface area contributed by atoms with Gasteiger partial charge in [0.15, 0.2) is 0 Å². The van der Waals surface area contributed by atoms with E-state index in [9.17, 15) is 4.79 Å². The number of rotatable bonds is 6. The molecular formula is C19H20N2O2. The maximum Gasteiger partial charge on any atom is 0.313 e. The van der Waals surface area contributed by atoms with E-state index in [1.54, 1.807) is 6.20 Å². The predicted molar refractivity (Wildman–Crippen MR) is 90.2 cm³/mol. The summed E-state index contributed by atoms with van der Waals surface area (Å²) in [5.41, 5.74) is 2.12. The highest BCUT2D eigenvalue weighted by Crippen LogP contribution is 2.22. The zero-order valence-corrected chi connectivity index (χ0v) is 13.2. The van der Waals surface area contributed by atoms with E-state index in [0.717, 1.165) is 29.4 Å². The third-order valence-electron chi connectivity index (χ3n) is 4.04. The van der Waals surface area contributed by atoms with Crippen LogP contribution in [0.5, 0.6) is 0 Å². The first-order valence-corrected chi connectivity index (χ1v) is 7.87. The number of aryl methyl sites for hydroxylation is 1. The number of benzene rings is 2. The highest BCUT2D eigenvalue weighted by atomic mass is 16.5. The Kier molecular flexibility index (Phi) is 4.71. The van der Waals surface area contributed by atoms with Gasteiger partial charge < -0.3 is 4.74 Å². The Labute approximate surface area is 135 Å². The van der Waals surface area contributed by atoms with Crippen molar-refractivity contribution in [1.82, 2.24) is 10.2 Å². The summed E-state index contributed by atoms with van der Waals surface area (Å²) in [4.78, 5) is 12.2. The number of esters is 1. The highest BCUT2D eigenvalue weighted by molar-refractivity contribution is 5.85. The van der Waals surface area contributed by atoms with Crippen LogP contribution in [-0.2, 0) is 16.0 Å². The summed E-state index contributed by atoms with van der Waals surface area (Å²) in [6, 6.07) is 14.3. The molecule has 0 fully saturated rings. The molecule has 0 saturated heterocycles. The first-order valence-electron chi connectivity index (χ1n) is 7.87. The average Bonchev–Trinajstić information content (AvgIpc) is 3.11. The largest absolute Gasteiger partial charge is 0.465 e. The Bertz CT molecular complexity index is 781. The average molecular weight is 308 g/mol. The molecule has 3 aromatic rings. The van der Waals surface area contributed by atoms with Crippen molar-refractivity contribution < 1.29 is 9.53 Å². The van der Waals surface area contributed by atoms with Crippen LogP contribution in [0.4, 0.5) is 0 Å². The lowest BCUT2D eigenvalue weighted by atomic mass is 9.98. The molecule has 4 nitrogen and oxygen atoms in total. The maximum absolute atomic E-state index is 12.2. The molecule has 118 valence electrons. The molecule has 1 atom stereocenters. The molecule has 4 heteroatoms. The summed E-state index contributed by atoms with van der Waals surface area (Å²) in [5, 5.41) is 8.99. The minimum Gasteiger partial charge on any atom is -0.465 e. The number of fused-ring (bicyclic) bond motifs is 1. The number of hydrogen-bond donors (Lipinski definition) is 1. The van der Waals surface area contributed by atoms with Crippen molar-refractivity contribution in [2.75, 3.05) is 6.61 Å². The van der Waals surface area contributed by atoms with E-state index in [-0.39, 0.29) is 11.9 Å². The standard InChI is InChI=1S/C19H20N2O2/c1-14(17-9-8-16-6-2-3-7-18(16)11-17)19(22)23-10-4-5-15-12-20-21-13-15/h2-3,6-9,11-14H,4-5,10H2,1H3,(H,20,21). The number of aromatic amines is 1. The van der Waals surface area contributed by atoms with E-state index in [2.05, 4.69) is 28.4 Å². The van der Waals surface area contributed by atoms with E-state index < -0.39 is 0 Å². The molecule has 0 aliphatic carbocycles. The third-order valence-corrected chi connectivity index (χ3v) is 4.04. The normalized spacial score (nSPS) is 12.2. The highest BCUT2D eigenvalue weighted by Gasteiger charge is 2.16. The SMILES string of the molecule is CC(C(=O)OCCCc1cn[nH]c1)c1ccc2ccccc2c1. The first-order chi connectivity index (χ1) is 11.2. The van der Waals surface area contributed by atoms with Crippen molar-refractivity contribution in [2.45, 2.75) is 25.7 Å². The fourth-order valence-electron chi connectivity index (χ4n) is 2.60. The van der Waals surface area contributed by atoms with Crippen molar-refractivity contribution in [2.24, 2.45) is 0 Å². The third kappa shape index (κ3) is 3.77. The smallest absolute Gasteiger partial charge is 0.313 e. The van der Waals surface area contributed by atoms with Crippen LogP contribution in [0.3, 0.4) is 0 Å². The van der Waals surface area contributed by atoms with Gasteiger partial charge in [-0.2, -0.15) is 5.10 Å². The fourth-order valence-corrected chi connectivity index (χ4v) is 2.60. The van der Waals surface area contributed by atoms with Crippen LogP contribution in [0.15, 0.2) is 54.9 Å². The number of ether oxygens (including phenoxy) is 1. The van der Waals surface area contributed by atoms with Crippen molar-refractivity contribution in [3.63, 3.8) is 0 Å². The van der Waals surface area contributed by atoms with Crippen LogP contribution < -0.4 is 0 Å². The molecular weight excluding hydrogens is 288 g/mol. The number of H-pyrrole nitrogens is 1. The van der Waals surface area contributed by atoms with Crippen LogP contribution >= 0.6 is 0 Å². The summed E-state index contributed by atoms with van der Waals surface area (Å²) in [6.07, 6.45) is 5.31. The van der Waals surface area contributed by atoms with Gasteiger partial charge in [0.25, 0.3) is 0 Å². The minimum atomic E-state index is -0.256. The Hall–Kier alpha value is -2.62. The molecule has 0 amide bonds. The summed E-state index contributed by atoms with van der Waals surface area (Å²) in [5.74, 6) is -0.430. The molecule has 3 rings (SSSR count). The molecule has 1 unspecified atom stereocenters. The minimum absolute atomic E-state index is 0.174. The predicted octanol–water partition coefficient (Wildman–Crippen LogP) is 3.84. The van der Waals surface area contributed by atoms with Gasteiger partial charge >= 0.3 is 5.97 Å². The molecule has 1 heterocycles. The molecule has 1 N–H and O–H groups in total. The fraction of sp³-hybridized carbons (Fsp3) is 0.263. The topological polar surface area (TPSA) is 55.0 Å². The van der Waals surface area contributed by atoms with E-state index in [0.29, 0.717) is 6.61 Å². The molecule has 0 aliphatic rings. The van der Waals surface area contributed by atoms with Crippen LogP contribution in [0.25, 0.3) is 10.8 Å². The summed E-state index contributed by atoms with van der Waals surface area (Å²) in [6.45, 7) is 2.32. The summed E-state index contributed by atoms with van der Waals surface area (Å²) in [7, 11) is 0.